The van der Waals surface area contributed by atoms with Crippen LogP contribution in [0.4, 0.5) is 0 Å². The van der Waals surface area contributed by atoms with Gasteiger partial charge in [0, 0.05) is 19.4 Å². The van der Waals surface area contributed by atoms with Gasteiger partial charge in [-0.15, -0.1) is 0 Å². The molecule has 0 spiro atoms. The maximum atomic E-state index is 12.7. The Kier molecular flexibility index (Phi) is 5.98. The van der Waals surface area contributed by atoms with Gasteiger partial charge in [0.15, 0.2) is 5.78 Å². The minimum absolute atomic E-state index is 0.0849. The third-order valence-corrected chi connectivity index (χ3v) is 10.9. The van der Waals surface area contributed by atoms with E-state index in [1.807, 2.05) is 13.0 Å². The second kappa shape index (κ2) is 7.57. The van der Waals surface area contributed by atoms with Crippen molar-refractivity contribution in [2.75, 3.05) is 7.11 Å². The van der Waals surface area contributed by atoms with Gasteiger partial charge in [0.25, 0.3) is 0 Å². The van der Waals surface area contributed by atoms with Crippen molar-refractivity contribution in [2.45, 2.75) is 81.1 Å². The van der Waals surface area contributed by atoms with Gasteiger partial charge in [-0.25, -0.2) is 0 Å². The summed E-state index contributed by atoms with van der Waals surface area (Å²) in [6, 6.07) is 0. The van der Waals surface area contributed by atoms with Crippen molar-refractivity contribution in [1.82, 2.24) is 0 Å². The zero-order valence-corrected chi connectivity index (χ0v) is 20.7. The van der Waals surface area contributed by atoms with E-state index in [4.69, 9.17) is 5.11 Å². The first kappa shape index (κ1) is 23.7. The summed E-state index contributed by atoms with van der Waals surface area (Å²) in [4.78, 5) is 25.1. The van der Waals surface area contributed by atoms with E-state index in [1.165, 1.54) is 18.4 Å². The average molecular weight is 417 g/mol. The third-order valence-electron chi connectivity index (χ3n) is 10.9. The molecule has 0 saturated heterocycles. The summed E-state index contributed by atoms with van der Waals surface area (Å²) in [5.74, 6) is 4.13. The topological polar surface area (TPSA) is 54.4 Å². The predicted molar refractivity (Wildman–Crippen MR) is 122 cm³/mol. The molecule has 0 aliphatic heterocycles. The molecule has 30 heavy (non-hydrogen) atoms. The quantitative estimate of drug-likeness (QED) is 0.596. The Morgan fingerprint density at radius 2 is 1.60 bits per heavy atom. The molecule has 1 N–H and O–H groups in total. The Labute approximate surface area is 184 Å². The van der Waals surface area contributed by atoms with Gasteiger partial charge in [-0.3, -0.25) is 9.59 Å². The van der Waals surface area contributed by atoms with Crippen molar-refractivity contribution < 1.29 is 14.7 Å². The summed E-state index contributed by atoms with van der Waals surface area (Å²) in [5, 5.41) is 7.00. The van der Waals surface area contributed by atoms with Crippen molar-refractivity contribution >= 4 is 11.6 Å². The monoisotopic (exact) mass is 416 g/mol. The highest BCUT2D eigenvalue weighted by atomic mass is 16.2. The van der Waals surface area contributed by atoms with Crippen LogP contribution < -0.4 is 0 Å². The molecule has 10 atom stereocenters. The van der Waals surface area contributed by atoms with E-state index >= 15 is 0 Å². The van der Waals surface area contributed by atoms with Crippen LogP contribution in [0.1, 0.15) is 81.1 Å². The number of fused-ring (bicyclic) bond motifs is 5. The molecular weight excluding hydrogens is 372 g/mol. The Bertz CT molecular complexity index is 753. The van der Waals surface area contributed by atoms with E-state index < -0.39 is 0 Å². The lowest BCUT2D eigenvalue weighted by Crippen LogP contribution is -2.63. The second-order valence-electron chi connectivity index (χ2n) is 11.9. The van der Waals surface area contributed by atoms with E-state index in [2.05, 4.69) is 48.5 Å². The van der Waals surface area contributed by atoms with Gasteiger partial charge in [0.1, 0.15) is 5.78 Å². The standard InChI is InChI=1S/C26H40O2.CH4O/c1-14-9-22-21-10-15(2)23(18(5)27)24(21,6)13-17(4)26(22,8)25(7)16(3)11-19(28)12-20(14)25;1-2/h12,14-17,21-23H,9-11,13H2,1-8H3;2H,1H3/t14-,15?,16?,17-,21?,22?,23+,24-,25-,26-;/m0./s1. The summed E-state index contributed by atoms with van der Waals surface area (Å²) in [6.45, 7) is 18.8. The summed E-state index contributed by atoms with van der Waals surface area (Å²) in [7, 11) is 1.00. The van der Waals surface area contributed by atoms with Gasteiger partial charge in [-0.1, -0.05) is 54.0 Å². The molecule has 4 unspecified atom stereocenters. The van der Waals surface area contributed by atoms with Gasteiger partial charge < -0.3 is 5.11 Å². The van der Waals surface area contributed by atoms with Crippen molar-refractivity contribution in [3.05, 3.63) is 11.6 Å². The van der Waals surface area contributed by atoms with Gasteiger partial charge in [-0.05, 0) is 84.0 Å². The van der Waals surface area contributed by atoms with E-state index in [0.29, 0.717) is 53.5 Å². The van der Waals surface area contributed by atoms with Gasteiger partial charge in [0.05, 0.1) is 0 Å². The number of hydrogen-bond acceptors (Lipinski definition) is 3. The smallest absolute Gasteiger partial charge is 0.155 e. The lowest BCUT2D eigenvalue weighted by atomic mass is 9.35. The van der Waals surface area contributed by atoms with Gasteiger partial charge in [-0.2, -0.15) is 0 Å². The fraction of sp³-hybridized carbons (Fsp3) is 0.852. The number of rotatable bonds is 1. The number of aliphatic hydroxyl groups excluding tert-OH is 1. The number of aliphatic hydroxyl groups is 1. The third kappa shape index (κ3) is 2.79. The predicted octanol–water partition coefficient (Wildman–Crippen LogP) is 5.71. The fourth-order valence-electron chi connectivity index (χ4n) is 9.59. The van der Waals surface area contributed by atoms with Gasteiger partial charge in [0.2, 0.25) is 0 Å². The van der Waals surface area contributed by atoms with E-state index in [1.54, 1.807) is 0 Å². The molecule has 170 valence electrons. The van der Waals surface area contributed by atoms with E-state index in [9.17, 15) is 9.59 Å². The molecule has 3 fully saturated rings. The van der Waals surface area contributed by atoms with Crippen LogP contribution in [0.25, 0.3) is 0 Å². The largest absolute Gasteiger partial charge is 0.400 e. The molecular formula is C27H44O3. The normalized spacial score (nSPS) is 52.3. The Hall–Kier alpha value is -0.960. The first-order chi connectivity index (χ1) is 13.9. The SMILES string of the molecule is CC(=O)[C@H]1C(C)CC2C3C[C@H](C)C4=CC(=O)CC(C)[C@]4(C)[C@@]3(C)[C@@H](C)C[C@@]21C.CO. The lowest BCUT2D eigenvalue weighted by Gasteiger charge is -2.69. The zero-order chi connectivity index (χ0) is 22.8. The van der Waals surface area contributed by atoms with Crippen LogP contribution in [0.3, 0.4) is 0 Å². The molecule has 0 bridgehead atoms. The van der Waals surface area contributed by atoms with E-state index in [-0.39, 0.29) is 22.2 Å². The maximum Gasteiger partial charge on any atom is 0.155 e. The zero-order valence-electron chi connectivity index (χ0n) is 20.7. The highest BCUT2D eigenvalue weighted by molar-refractivity contribution is 5.92. The Balaban J connectivity index is 0.00000124. The number of carbonyl (C=O) groups is 2. The molecule has 0 heterocycles. The maximum absolute atomic E-state index is 12.7. The van der Waals surface area contributed by atoms with Crippen molar-refractivity contribution in [3.8, 4) is 0 Å². The van der Waals surface area contributed by atoms with Crippen molar-refractivity contribution in [1.29, 1.82) is 0 Å². The first-order valence-corrected chi connectivity index (χ1v) is 12.1. The molecule has 0 amide bonds. The molecule has 0 aromatic carbocycles. The molecule has 3 heteroatoms. The highest BCUT2D eigenvalue weighted by Gasteiger charge is 2.69. The molecule has 3 saturated carbocycles. The summed E-state index contributed by atoms with van der Waals surface area (Å²) in [6.07, 6.45) is 6.25. The fourth-order valence-corrected chi connectivity index (χ4v) is 9.59. The molecule has 0 radical (unpaired) electrons. The second-order valence-corrected chi connectivity index (χ2v) is 11.9. The van der Waals surface area contributed by atoms with Crippen LogP contribution in [0.2, 0.25) is 0 Å². The molecule has 4 aliphatic rings. The number of allylic oxidation sites excluding steroid dienone is 1. The van der Waals surface area contributed by atoms with Crippen LogP contribution in [-0.4, -0.2) is 23.8 Å². The van der Waals surface area contributed by atoms with Crippen LogP contribution in [-0.2, 0) is 9.59 Å². The molecule has 3 nitrogen and oxygen atoms in total. The summed E-state index contributed by atoms with van der Waals surface area (Å²) < 4.78 is 0. The summed E-state index contributed by atoms with van der Waals surface area (Å²) >= 11 is 0. The minimum atomic E-state index is 0.0849. The number of Topliss-reactive ketones (excluding diaryl/α,β-unsaturated/α-hetero) is 1. The lowest BCUT2D eigenvalue weighted by molar-refractivity contribution is -0.178. The Morgan fingerprint density at radius 1 is 1.00 bits per heavy atom. The van der Waals surface area contributed by atoms with Crippen molar-refractivity contribution in [2.24, 2.45) is 57.7 Å². The molecule has 4 rings (SSSR count). The molecule has 0 aromatic heterocycles. The van der Waals surface area contributed by atoms with Crippen LogP contribution in [0.5, 0.6) is 0 Å². The Morgan fingerprint density at radius 3 is 2.17 bits per heavy atom. The highest BCUT2D eigenvalue weighted by Crippen LogP contribution is 2.75. The van der Waals surface area contributed by atoms with Crippen LogP contribution in [0.15, 0.2) is 11.6 Å². The van der Waals surface area contributed by atoms with E-state index in [0.717, 1.165) is 13.5 Å². The first-order valence-electron chi connectivity index (χ1n) is 12.1. The number of ketones is 2. The number of hydrogen-bond donors (Lipinski definition) is 1. The molecule has 4 aliphatic carbocycles. The summed E-state index contributed by atoms with van der Waals surface area (Å²) in [5.41, 5.74) is 1.85. The minimum Gasteiger partial charge on any atom is -0.400 e. The van der Waals surface area contributed by atoms with Crippen molar-refractivity contribution in [3.63, 3.8) is 0 Å². The van der Waals surface area contributed by atoms with Crippen LogP contribution >= 0.6 is 0 Å². The van der Waals surface area contributed by atoms with Gasteiger partial charge >= 0.3 is 0 Å². The average Bonchev–Trinajstić information content (AvgIpc) is 2.92. The van der Waals surface area contributed by atoms with Crippen LogP contribution in [0, 0.1) is 57.7 Å². The molecule has 0 aromatic rings. The number of carbonyl (C=O) groups excluding carboxylic acids is 2.